The Morgan fingerprint density at radius 2 is 1.96 bits per heavy atom. The fourth-order valence-electron chi connectivity index (χ4n) is 2.38. The number of carbonyl (C=O) groups is 3. The van der Waals surface area contributed by atoms with Crippen LogP contribution in [0.1, 0.15) is 56.5 Å². The number of ketones is 1. The number of hydrogen-bond acceptors (Lipinski definition) is 6. The zero-order valence-corrected chi connectivity index (χ0v) is 14.0. The highest BCUT2D eigenvalue weighted by Gasteiger charge is 2.28. The van der Waals surface area contributed by atoms with Crippen LogP contribution < -0.4 is 0 Å². The van der Waals surface area contributed by atoms with E-state index in [2.05, 4.69) is 4.98 Å². The summed E-state index contributed by atoms with van der Waals surface area (Å²) < 4.78 is 15.0. The molecule has 0 spiro atoms. The lowest BCUT2D eigenvalue weighted by Crippen LogP contribution is -2.25. The molecule has 0 amide bonds. The molecule has 2 aromatic rings. The lowest BCUT2D eigenvalue weighted by Gasteiger charge is -2.11. The molecule has 128 valence electrons. The van der Waals surface area contributed by atoms with E-state index in [1.165, 1.54) is 19.3 Å². The number of rotatable bonds is 6. The van der Waals surface area contributed by atoms with Crippen molar-refractivity contribution in [2.24, 2.45) is 0 Å². The van der Waals surface area contributed by atoms with E-state index in [9.17, 15) is 14.4 Å². The van der Waals surface area contributed by atoms with Gasteiger partial charge in [0.2, 0.25) is 11.5 Å². The minimum atomic E-state index is -1.03. The maximum Gasteiger partial charge on any atom is 0.374 e. The third-order valence-electron chi connectivity index (χ3n) is 3.54. The highest BCUT2D eigenvalue weighted by atomic mass is 16.6. The monoisotopic (exact) mass is 333 g/mol. The Hall–Kier alpha value is -2.83. The number of carbonyl (C=O) groups excluding carboxylic acids is 3. The summed E-state index contributed by atoms with van der Waals surface area (Å²) in [5.74, 6) is -1.65. The fourth-order valence-corrected chi connectivity index (χ4v) is 2.38. The van der Waals surface area contributed by atoms with Gasteiger partial charge in [0, 0.05) is 5.69 Å². The molecule has 7 nitrogen and oxygen atoms in total. The van der Waals surface area contributed by atoms with Gasteiger partial charge in [-0.25, -0.2) is 9.59 Å². The zero-order valence-electron chi connectivity index (χ0n) is 14.0. The van der Waals surface area contributed by atoms with Crippen molar-refractivity contribution in [1.82, 2.24) is 4.98 Å². The molecule has 2 heterocycles. The first-order chi connectivity index (χ1) is 11.4. The maximum absolute atomic E-state index is 12.5. The number of nitrogens with one attached hydrogen (secondary N) is 1. The van der Waals surface area contributed by atoms with Crippen molar-refractivity contribution in [3.05, 3.63) is 46.7 Å². The summed E-state index contributed by atoms with van der Waals surface area (Å²) in [4.78, 5) is 39.2. The van der Waals surface area contributed by atoms with Crippen molar-refractivity contribution >= 4 is 17.7 Å². The van der Waals surface area contributed by atoms with Gasteiger partial charge < -0.3 is 18.9 Å². The maximum atomic E-state index is 12.5. The number of aryl methyl sites for hydroxylation is 1. The van der Waals surface area contributed by atoms with E-state index in [-0.39, 0.29) is 18.1 Å². The van der Waals surface area contributed by atoms with Crippen molar-refractivity contribution in [3.8, 4) is 0 Å². The van der Waals surface area contributed by atoms with Crippen molar-refractivity contribution in [3.63, 3.8) is 0 Å². The molecule has 0 fully saturated rings. The zero-order chi connectivity index (χ0) is 17.9. The van der Waals surface area contributed by atoms with Crippen LogP contribution in [0, 0.1) is 13.8 Å². The Morgan fingerprint density at radius 3 is 2.54 bits per heavy atom. The van der Waals surface area contributed by atoms with Crippen LogP contribution in [0.15, 0.2) is 22.8 Å². The standard InChI is InChI=1S/C17H19NO6/c1-5-22-17(21)13-9(2)14(18-10(13)3)15(19)11(4)24-16(20)12-7-6-8-23-12/h6-8,11,18H,5H2,1-4H3. The number of furan rings is 1. The number of H-pyrrole nitrogens is 1. The van der Waals surface area contributed by atoms with E-state index in [0.29, 0.717) is 16.8 Å². The fraction of sp³-hybridized carbons (Fsp3) is 0.353. The molecule has 1 unspecified atom stereocenters. The normalized spacial score (nSPS) is 11.8. The lowest BCUT2D eigenvalue weighted by molar-refractivity contribution is 0.0287. The molecule has 0 aliphatic carbocycles. The van der Waals surface area contributed by atoms with Crippen molar-refractivity contribution in [2.45, 2.75) is 33.8 Å². The number of Topliss-reactive ketones (excluding diaryl/α,β-unsaturated/α-hetero) is 1. The smallest absolute Gasteiger partial charge is 0.374 e. The van der Waals surface area contributed by atoms with Gasteiger partial charge in [-0.3, -0.25) is 4.79 Å². The van der Waals surface area contributed by atoms with Crippen molar-refractivity contribution < 1.29 is 28.3 Å². The van der Waals surface area contributed by atoms with Gasteiger partial charge in [0.25, 0.3) is 0 Å². The van der Waals surface area contributed by atoms with Gasteiger partial charge in [-0.15, -0.1) is 0 Å². The van der Waals surface area contributed by atoms with Gasteiger partial charge >= 0.3 is 11.9 Å². The third-order valence-corrected chi connectivity index (χ3v) is 3.54. The molecular weight excluding hydrogens is 314 g/mol. The summed E-state index contributed by atoms with van der Waals surface area (Å²) in [6, 6.07) is 3.00. The quantitative estimate of drug-likeness (QED) is 0.644. The Bertz CT molecular complexity index is 756. The molecule has 0 bridgehead atoms. The molecule has 24 heavy (non-hydrogen) atoms. The van der Waals surface area contributed by atoms with Gasteiger partial charge in [0.15, 0.2) is 6.10 Å². The first-order valence-electron chi connectivity index (χ1n) is 7.51. The highest BCUT2D eigenvalue weighted by molar-refractivity contribution is 6.04. The van der Waals surface area contributed by atoms with Crippen molar-refractivity contribution in [2.75, 3.05) is 6.61 Å². The summed E-state index contributed by atoms with van der Waals surface area (Å²) >= 11 is 0. The van der Waals surface area contributed by atoms with Crippen LogP contribution in [-0.2, 0) is 9.47 Å². The van der Waals surface area contributed by atoms with Gasteiger partial charge in [0.1, 0.15) is 0 Å². The molecule has 0 saturated heterocycles. The minimum Gasteiger partial charge on any atom is -0.462 e. The summed E-state index contributed by atoms with van der Waals surface area (Å²) in [7, 11) is 0. The molecule has 1 N–H and O–H groups in total. The van der Waals surface area contributed by atoms with Crippen LogP contribution in [0.2, 0.25) is 0 Å². The van der Waals surface area contributed by atoms with Gasteiger partial charge in [-0.05, 0) is 45.4 Å². The van der Waals surface area contributed by atoms with E-state index in [1.54, 1.807) is 26.8 Å². The number of ether oxygens (including phenoxy) is 2. The molecule has 0 aromatic carbocycles. The molecule has 2 rings (SSSR count). The third kappa shape index (κ3) is 3.40. The summed E-state index contributed by atoms with van der Waals surface area (Å²) in [6.07, 6.45) is 0.307. The Kier molecular flexibility index (Phi) is 5.23. The largest absolute Gasteiger partial charge is 0.462 e. The van der Waals surface area contributed by atoms with E-state index >= 15 is 0 Å². The highest BCUT2D eigenvalue weighted by Crippen LogP contribution is 2.21. The van der Waals surface area contributed by atoms with Gasteiger partial charge in [-0.2, -0.15) is 0 Å². The Balaban J connectivity index is 2.19. The SMILES string of the molecule is CCOC(=O)c1c(C)[nH]c(C(=O)C(C)OC(=O)c2ccco2)c1C. The summed E-state index contributed by atoms with van der Waals surface area (Å²) in [6.45, 7) is 6.73. The first kappa shape index (κ1) is 17.5. The van der Waals surface area contributed by atoms with Gasteiger partial charge in [-0.1, -0.05) is 0 Å². The predicted molar refractivity (Wildman–Crippen MR) is 84.1 cm³/mol. The summed E-state index contributed by atoms with van der Waals surface area (Å²) in [5, 5.41) is 0. The molecule has 0 aliphatic heterocycles. The predicted octanol–water partition coefficient (Wildman–Crippen LogP) is 2.83. The lowest BCUT2D eigenvalue weighted by atomic mass is 10.1. The van der Waals surface area contributed by atoms with Crippen LogP contribution in [0.4, 0.5) is 0 Å². The van der Waals surface area contributed by atoms with Crippen LogP contribution >= 0.6 is 0 Å². The van der Waals surface area contributed by atoms with E-state index < -0.39 is 23.8 Å². The van der Waals surface area contributed by atoms with E-state index in [1.807, 2.05) is 0 Å². The Morgan fingerprint density at radius 1 is 1.25 bits per heavy atom. The average molecular weight is 333 g/mol. The molecule has 0 aliphatic rings. The van der Waals surface area contributed by atoms with Crippen LogP contribution in [0.25, 0.3) is 0 Å². The second-order valence-electron chi connectivity index (χ2n) is 5.23. The second kappa shape index (κ2) is 7.16. The molecule has 2 aromatic heterocycles. The van der Waals surface area contributed by atoms with Crippen LogP contribution in [0.5, 0.6) is 0 Å². The molecule has 0 saturated carbocycles. The molecular formula is C17H19NO6. The minimum absolute atomic E-state index is 0.0150. The molecule has 7 heteroatoms. The second-order valence-corrected chi connectivity index (χ2v) is 5.23. The number of hydrogen-bond donors (Lipinski definition) is 1. The number of aromatic nitrogens is 1. The van der Waals surface area contributed by atoms with Gasteiger partial charge in [0.05, 0.1) is 24.1 Å². The number of esters is 2. The van der Waals surface area contributed by atoms with Crippen LogP contribution in [0.3, 0.4) is 0 Å². The van der Waals surface area contributed by atoms with Crippen LogP contribution in [-0.4, -0.2) is 35.4 Å². The summed E-state index contributed by atoms with van der Waals surface area (Å²) in [5.41, 5.74) is 1.54. The average Bonchev–Trinajstić information content (AvgIpc) is 3.15. The molecule has 1 atom stereocenters. The number of aromatic amines is 1. The molecule has 0 radical (unpaired) electrons. The van der Waals surface area contributed by atoms with E-state index in [0.717, 1.165) is 0 Å². The first-order valence-corrected chi connectivity index (χ1v) is 7.51. The van der Waals surface area contributed by atoms with Crippen molar-refractivity contribution in [1.29, 1.82) is 0 Å². The Labute approximate surface area is 138 Å². The van der Waals surface area contributed by atoms with E-state index in [4.69, 9.17) is 13.9 Å². The topological polar surface area (TPSA) is 98.6 Å².